The van der Waals surface area contributed by atoms with Gasteiger partial charge in [-0.05, 0) is 75.4 Å². The molecule has 0 bridgehead atoms. The number of benzene rings is 1. The van der Waals surface area contributed by atoms with E-state index in [4.69, 9.17) is 9.84 Å². The third kappa shape index (κ3) is 5.14. The van der Waals surface area contributed by atoms with Crippen LogP contribution in [0.3, 0.4) is 0 Å². The monoisotopic (exact) mass is 469 g/mol. The maximum Gasteiger partial charge on any atom is 0.159 e. The fraction of sp³-hybridized carbons (Fsp3) is 0.538. The molecule has 2 fully saturated rings. The van der Waals surface area contributed by atoms with Crippen LogP contribution in [0.15, 0.2) is 30.5 Å². The van der Waals surface area contributed by atoms with Crippen molar-refractivity contribution in [3.63, 3.8) is 0 Å². The first-order valence-corrected chi connectivity index (χ1v) is 12.4. The number of ether oxygens (including phenoxy) is 1. The average Bonchev–Trinajstić information content (AvgIpc) is 3.17. The molecule has 0 amide bonds. The summed E-state index contributed by atoms with van der Waals surface area (Å²) < 4.78 is 34.4. The number of hydrogen-bond acceptors (Lipinski definition) is 5. The first-order chi connectivity index (χ1) is 16.6. The van der Waals surface area contributed by atoms with E-state index < -0.39 is 11.6 Å². The molecule has 0 radical (unpaired) electrons. The van der Waals surface area contributed by atoms with Crippen LogP contribution < -0.4 is 5.32 Å². The van der Waals surface area contributed by atoms with E-state index in [-0.39, 0.29) is 0 Å². The smallest absolute Gasteiger partial charge is 0.159 e. The summed E-state index contributed by atoms with van der Waals surface area (Å²) in [7, 11) is 0. The van der Waals surface area contributed by atoms with Crippen molar-refractivity contribution < 1.29 is 13.5 Å². The van der Waals surface area contributed by atoms with E-state index >= 15 is 0 Å². The van der Waals surface area contributed by atoms with E-state index in [9.17, 15) is 8.78 Å². The number of aromatic nitrogens is 3. The van der Waals surface area contributed by atoms with Crippen molar-refractivity contribution in [3.05, 3.63) is 64.6 Å². The summed E-state index contributed by atoms with van der Waals surface area (Å²) in [5.41, 5.74) is 5.05. The molecule has 8 heteroatoms. The van der Waals surface area contributed by atoms with Crippen molar-refractivity contribution in [2.24, 2.45) is 5.92 Å². The molecular weight excluding hydrogens is 436 g/mol. The predicted molar refractivity (Wildman–Crippen MR) is 127 cm³/mol. The molecule has 182 valence electrons. The van der Waals surface area contributed by atoms with E-state index in [1.54, 1.807) is 6.07 Å². The quantitative estimate of drug-likeness (QED) is 0.562. The number of fused-ring (bicyclic) bond motifs is 1. The van der Waals surface area contributed by atoms with Crippen LogP contribution in [0.25, 0.3) is 5.65 Å². The van der Waals surface area contributed by atoms with E-state index in [0.717, 1.165) is 87.5 Å². The molecule has 1 unspecified atom stereocenters. The van der Waals surface area contributed by atoms with E-state index in [0.29, 0.717) is 18.4 Å². The first kappa shape index (κ1) is 23.3. The maximum absolute atomic E-state index is 13.7. The Morgan fingerprint density at radius 3 is 2.79 bits per heavy atom. The van der Waals surface area contributed by atoms with Crippen LogP contribution in [-0.2, 0) is 17.8 Å². The van der Waals surface area contributed by atoms with Gasteiger partial charge in [-0.2, -0.15) is 5.10 Å². The molecule has 1 atom stereocenters. The summed E-state index contributed by atoms with van der Waals surface area (Å²) in [6.45, 7) is 7.94. The third-order valence-corrected chi connectivity index (χ3v) is 7.23. The van der Waals surface area contributed by atoms with Gasteiger partial charge in [-0.1, -0.05) is 6.07 Å². The summed E-state index contributed by atoms with van der Waals surface area (Å²) in [4.78, 5) is 7.00. The van der Waals surface area contributed by atoms with Crippen LogP contribution in [0.5, 0.6) is 0 Å². The highest BCUT2D eigenvalue weighted by atomic mass is 19.2. The minimum absolute atomic E-state index is 0.312. The Morgan fingerprint density at radius 1 is 1.12 bits per heavy atom. The van der Waals surface area contributed by atoms with Crippen LogP contribution in [0.1, 0.15) is 54.1 Å². The van der Waals surface area contributed by atoms with Crippen LogP contribution in [-0.4, -0.2) is 52.3 Å². The van der Waals surface area contributed by atoms with Gasteiger partial charge in [0.05, 0.1) is 11.4 Å². The van der Waals surface area contributed by atoms with Gasteiger partial charge in [-0.15, -0.1) is 0 Å². The number of likely N-dealkylation sites (tertiary alicyclic amines) is 1. The number of rotatable bonds is 7. The molecule has 0 saturated carbocycles. The molecule has 0 aliphatic carbocycles. The topological polar surface area (TPSA) is 54.7 Å². The molecule has 6 nitrogen and oxygen atoms in total. The van der Waals surface area contributed by atoms with Crippen molar-refractivity contribution in [1.82, 2.24) is 24.8 Å². The number of nitrogens with one attached hydrogen (secondary N) is 1. The maximum atomic E-state index is 13.7. The Kier molecular flexibility index (Phi) is 7.18. The van der Waals surface area contributed by atoms with Crippen molar-refractivity contribution in [2.75, 3.05) is 32.8 Å². The van der Waals surface area contributed by atoms with Crippen molar-refractivity contribution in [1.29, 1.82) is 0 Å². The molecule has 1 N–H and O–H groups in total. The Bertz CT molecular complexity index is 1130. The minimum Gasteiger partial charge on any atom is -0.381 e. The number of aryl methyl sites for hydroxylation is 1. The molecule has 2 aliphatic rings. The van der Waals surface area contributed by atoms with E-state index in [1.807, 2.05) is 10.7 Å². The van der Waals surface area contributed by atoms with Crippen LogP contribution in [0.2, 0.25) is 0 Å². The second kappa shape index (κ2) is 10.5. The lowest BCUT2D eigenvalue weighted by atomic mass is 9.94. The van der Waals surface area contributed by atoms with Gasteiger partial charge >= 0.3 is 0 Å². The van der Waals surface area contributed by atoms with Crippen LogP contribution >= 0.6 is 0 Å². The molecule has 3 aromatic rings. The van der Waals surface area contributed by atoms with Crippen molar-refractivity contribution in [3.8, 4) is 0 Å². The van der Waals surface area contributed by atoms with Gasteiger partial charge in [0.1, 0.15) is 0 Å². The van der Waals surface area contributed by atoms with Gasteiger partial charge in [0, 0.05) is 50.5 Å². The summed E-state index contributed by atoms with van der Waals surface area (Å²) in [6.07, 6.45) is 6.25. The molecule has 0 spiro atoms. The number of nitrogens with zero attached hydrogens (tertiary/aromatic N) is 4. The molecule has 4 heterocycles. The molecule has 2 aromatic heterocycles. The fourth-order valence-electron chi connectivity index (χ4n) is 5.32. The highest BCUT2D eigenvalue weighted by Gasteiger charge is 2.25. The van der Waals surface area contributed by atoms with E-state index in [2.05, 4.69) is 28.2 Å². The lowest BCUT2D eigenvalue weighted by Gasteiger charge is -2.33. The lowest BCUT2D eigenvalue weighted by molar-refractivity contribution is 0.0662. The van der Waals surface area contributed by atoms with Gasteiger partial charge in [0.2, 0.25) is 0 Å². The van der Waals surface area contributed by atoms with Gasteiger partial charge in [-0.3, -0.25) is 4.90 Å². The Hall–Kier alpha value is -2.42. The Morgan fingerprint density at radius 2 is 1.97 bits per heavy atom. The highest BCUT2D eigenvalue weighted by molar-refractivity contribution is 5.50. The van der Waals surface area contributed by atoms with E-state index in [1.165, 1.54) is 17.8 Å². The zero-order valence-electron chi connectivity index (χ0n) is 19.8. The Balaban J connectivity index is 1.29. The average molecular weight is 470 g/mol. The van der Waals surface area contributed by atoms with Crippen molar-refractivity contribution >= 4 is 5.65 Å². The number of piperidine rings is 1. The normalized spacial score (nSPS) is 20.3. The second-order valence-corrected chi connectivity index (χ2v) is 9.68. The van der Waals surface area contributed by atoms with Crippen LogP contribution in [0.4, 0.5) is 8.78 Å². The molecular formula is C26H33F2N5O. The molecule has 2 aliphatic heterocycles. The lowest BCUT2D eigenvalue weighted by Crippen LogP contribution is -2.34. The zero-order chi connectivity index (χ0) is 23.5. The number of hydrogen-bond donors (Lipinski definition) is 1. The molecule has 5 rings (SSSR count). The minimum atomic E-state index is -0.799. The predicted octanol–water partition coefficient (Wildman–Crippen LogP) is 4.21. The first-order valence-electron chi connectivity index (χ1n) is 12.4. The van der Waals surface area contributed by atoms with Gasteiger partial charge in [0.15, 0.2) is 17.3 Å². The summed E-state index contributed by atoms with van der Waals surface area (Å²) in [5.74, 6) is -0.604. The SMILES string of the molecule is Cc1nn2c(C3CCCN(Cc4ccc(F)c(F)c4)C3)ccnc2c1CNCC1CCOCC1. The molecule has 2 saturated heterocycles. The standard InChI is InChI=1S/C26H33F2N5O/c1-18-22(15-29-14-19-7-11-34-12-8-19)26-30-9-6-25(33(26)31-18)21-3-2-10-32(17-21)16-20-4-5-23(27)24(28)13-20/h4-6,9,13,19,21,29H,2-3,7-8,10-12,14-17H2,1H3. The molecule has 1 aromatic carbocycles. The summed E-state index contributed by atoms with van der Waals surface area (Å²) in [6, 6.07) is 6.26. The van der Waals surface area contributed by atoms with Gasteiger partial charge in [-0.25, -0.2) is 18.3 Å². The highest BCUT2D eigenvalue weighted by Crippen LogP contribution is 2.29. The largest absolute Gasteiger partial charge is 0.381 e. The van der Waals surface area contributed by atoms with Crippen LogP contribution in [0, 0.1) is 24.5 Å². The third-order valence-electron chi connectivity index (χ3n) is 7.23. The zero-order valence-corrected chi connectivity index (χ0v) is 19.8. The Labute approximate surface area is 199 Å². The fourth-order valence-corrected chi connectivity index (χ4v) is 5.32. The molecule has 34 heavy (non-hydrogen) atoms. The summed E-state index contributed by atoms with van der Waals surface area (Å²) in [5, 5.41) is 8.49. The van der Waals surface area contributed by atoms with Gasteiger partial charge < -0.3 is 10.1 Å². The number of halogens is 2. The van der Waals surface area contributed by atoms with Gasteiger partial charge in [0.25, 0.3) is 0 Å². The second-order valence-electron chi connectivity index (χ2n) is 9.68. The van der Waals surface area contributed by atoms with Crippen molar-refractivity contribution in [2.45, 2.75) is 51.6 Å². The summed E-state index contributed by atoms with van der Waals surface area (Å²) >= 11 is 0.